The van der Waals surface area contributed by atoms with Crippen molar-refractivity contribution in [2.24, 2.45) is 30.7 Å². The molecule has 0 aromatic heterocycles. The number of benzene rings is 4. The summed E-state index contributed by atoms with van der Waals surface area (Å²) in [6.07, 6.45) is 1.37. The molecule has 0 radical (unpaired) electrons. The first-order valence-corrected chi connectivity index (χ1v) is 20.7. The normalized spacial score (nSPS) is 11.6. The number of nitrogens with one attached hydrogen (secondary N) is 3. The first kappa shape index (κ1) is 45.7. The lowest BCUT2D eigenvalue weighted by Gasteiger charge is -2.08. The van der Waals surface area contributed by atoms with Gasteiger partial charge in [-0.25, -0.2) is 27.1 Å². The quantitative estimate of drug-likeness (QED) is 0.0410. The Morgan fingerprint density at radius 2 is 0.930 bits per heavy atom. The highest BCUT2D eigenvalue weighted by atomic mass is 32.2. The molecule has 20 heteroatoms. The topological polar surface area (TPSA) is 279 Å². The van der Waals surface area contributed by atoms with Crippen LogP contribution in [0.5, 0.6) is 0 Å². The number of amides is 1. The molecule has 0 spiro atoms. The molecule has 4 aromatic carbocycles. The van der Waals surface area contributed by atoms with Gasteiger partial charge < -0.3 is 30.5 Å². The third-order valence-electron chi connectivity index (χ3n) is 7.27. The Morgan fingerprint density at radius 1 is 0.561 bits per heavy atom. The SMILES string of the molecule is CCCOCCOCCNC(=O)CCNc1ccc(N=Nc2ccc(S(N)(=O)=O)cc2)cc1.NS(=O)(=O)c1ccc(N=Nc2ccc(NCCC(=O)O)cc2)cc1. The van der Waals surface area contributed by atoms with Gasteiger partial charge in [0.2, 0.25) is 26.0 Å². The van der Waals surface area contributed by atoms with E-state index in [9.17, 15) is 26.4 Å². The molecule has 0 unspecified atom stereocenters. The maximum absolute atomic E-state index is 11.9. The number of ether oxygens (including phenoxy) is 2. The Bertz CT molecular complexity index is 2120. The van der Waals surface area contributed by atoms with E-state index in [1.54, 1.807) is 36.4 Å². The van der Waals surface area contributed by atoms with Crippen LogP contribution in [0, 0.1) is 0 Å². The van der Waals surface area contributed by atoms with Crippen LogP contribution < -0.4 is 26.2 Å². The zero-order valence-electron chi connectivity index (χ0n) is 31.3. The molecular formula is C37H47N9O9S2. The number of nitrogens with zero attached hydrogens (tertiary/aromatic N) is 4. The van der Waals surface area contributed by atoms with Crippen molar-refractivity contribution in [3.8, 4) is 0 Å². The van der Waals surface area contributed by atoms with Gasteiger partial charge in [-0.3, -0.25) is 9.59 Å². The summed E-state index contributed by atoms with van der Waals surface area (Å²) in [5.41, 5.74) is 3.88. The molecule has 0 bridgehead atoms. The Morgan fingerprint density at radius 3 is 1.30 bits per heavy atom. The Kier molecular flexibility index (Phi) is 19.3. The van der Waals surface area contributed by atoms with Crippen LogP contribution in [-0.4, -0.2) is 79.9 Å². The summed E-state index contributed by atoms with van der Waals surface area (Å²) in [5.74, 6) is -0.909. The molecule has 306 valence electrons. The number of anilines is 2. The summed E-state index contributed by atoms with van der Waals surface area (Å²) in [4.78, 5) is 22.3. The maximum Gasteiger partial charge on any atom is 0.305 e. The summed E-state index contributed by atoms with van der Waals surface area (Å²) >= 11 is 0. The van der Waals surface area contributed by atoms with Crippen LogP contribution in [0.15, 0.2) is 127 Å². The third kappa shape index (κ3) is 19.2. The molecule has 0 saturated heterocycles. The van der Waals surface area contributed by atoms with Gasteiger partial charge in [0.1, 0.15) is 0 Å². The minimum atomic E-state index is -3.73. The number of carbonyl (C=O) groups excluding carboxylic acids is 1. The highest BCUT2D eigenvalue weighted by Crippen LogP contribution is 2.23. The Hall–Kier alpha value is -5.64. The monoisotopic (exact) mass is 825 g/mol. The van der Waals surface area contributed by atoms with Crippen LogP contribution >= 0.6 is 0 Å². The average Bonchev–Trinajstić information content (AvgIpc) is 3.18. The van der Waals surface area contributed by atoms with E-state index in [1.807, 2.05) is 12.1 Å². The lowest BCUT2D eigenvalue weighted by atomic mass is 10.3. The second kappa shape index (κ2) is 24.1. The number of carbonyl (C=O) groups is 2. The number of hydrogen-bond donors (Lipinski definition) is 6. The van der Waals surface area contributed by atoms with Crippen molar-refractivity contribution < 1.29 is 41.0 Å². The largest absolute Gasteiger partial charge is 0.481 e. The van der Waals surface area contributed by atoms with E-state index in [0.717, 1.165) is 24.4 Å². The van der Waals surface area contributed by atoms with Crippen molar-refractivity contribution in [1.82, 2.24) is 5.32 Å². The number of hydrogen-bond acceptors (Lipinski definition) is 14. The summed E-state index contributed by atoms with van der Waals surface area (Å²) in [6, 6.07) is 25.8. The molecule has 0 heterocycles. The minimum Gasteiger partial charge on any atom is -0.481 e. The van der Waals surface area contributed by atoms with Crippen molar-refractivity contribution in [3.05, 3.63) is 97.1 Å². The molecule has 0 aliphatic rings. The molecule has 8 N–H and O–H groups in total. The molecule has 0 fully saturated rings. The maximum atomic E-state index is 11.9. The van der Waals surface area contributed by atoms with Gasteiger partial charge in [0.05, 0.1) is 58.8 Å². The van der Waals surface area contributed by atoms with Crippen molar-refractivity contribution in [3.63, 3.8) is 0 Å². The number of carboxylic acids is 1. The Balaban J connectivity index is 0.000000321. The summed E-state index contributed by atoms with van der Waals surface area (Å²) < 4.78 is 55.5. The zero-order chi connectivity index (χ0) is 41.5. The van der Waals surface area contributed by atoms with Gasteiger partial charge in [-0.15, -0.1) is 0 Å². The number of aliphatic carboxylic acids is 1. The molecule has 57 heavy (non-hydrogen) atoms. The van der Waals surface area contributed by atoms with Crippen LogP contribution in [-0.2, 0) is 39.1 Å². The van der Waals surface area contributed by atoms with Crippen molar-refractivity contribution in [2.45, 2.75) is 36.0 Å². The number of rotatable bonds is 22. The molecule has 0 aliphatic heterocycles. The molecular weight excluding hydrogens is 779 g/mol. The highest BCUT2D eigenvalue weighted by molar-refractivity contribution is 7.89. The first-order valence-electron chi connectivity index (χ1n) is 17.6. The average molecular weight is 826 g/mol. The van der Waals surface area contributed by atoms with Gasteiger partial charge >= 0.3 is 5.97 Å². The number of primary sulfonamides is 2. The van der Waals surface area contributed by atoms with Crippen molar-refractivity contribution >= 4 is 66.0 Å². The van der Waals surface area contributed by atoms with Gasteiger partial charge in [-0.1, -0.05) is 6.92 Å². The highest BCUT2D eigenvalue weighted by Gasteiger charge is 2.08. The second-order valence-electron chi connectivity index (χ2n) is 11.9. The smallest absolute Gasteiger partial charge is 0.305 e. The molecule has 0 saturated carbocycles. The van der Waals surface area contributed by atoms with Gasteiger partial charge in [-0.05, 0) is 103 Å². The number of nitrogens with two attached hydrogens (primary N) is 2. The van der Waals surface area contributed by atoms with E-state index >= 15 is 0 Å². The van der Waals surface area contributed by atoms with E-state index in [2.05, 4.69) is 43.3 Å². The van der Waals surface area contributed by atoms with E-state index in [1.165, 1.54) is 48.5 Å². The lowest BCUT2D eigenvalue weighted by Crippen LogP contribution is -2.29. The molecule has 18 nitrogen and oxygen atoms in total. The Labute approximate surface area is 331 Å². The fourth-order valence-electron chi connectivity index (χ4n) is 4.38. The summed E-state index contributed by atoms with van der Waals surface area (Å²) in [7, 11) is -7.45. The van der Waals surface area contributed by atoms with Crippen LogP contribution in [0.3, 0.4) is 0 Å². The zero-order valence-corrected chi connectivity index (χ0v) is 32.9. The summed E-state index contributed by atoms with van der Waals surface area (Å²) in [5, 5.41) is 43.9. The van der Waals surface area contributed by atoms with E-state index < -0.39 is 26.0 Å². The van der Waals surface area contributed by atoms with E-state index in [4.69, 9.17) is 24.9 Å². The lowest BCUT2D eigenvalue weighted by molar-refractivity contribution is -0.136. The van der Waals surface area contributed by atoms with Gasteiger partial charge in [0.15, 0.2) is 0 Å². The predicted molar refractivity (Wildman–Crippen MR) is 216 cm³/mol. The van der Waals surface area contributed by atoms with Gasteiger partial charge in [0, 0.05) is 44.0 Å². The van der Waals surface area contributed by atoms with E-state index in [0.29, 0.717) is 68.6 Å². The predicted octanol–water partition coefficient (Wildman–Crippen LogP) is 5.75. The fraction of sp³-hybridized carbons (Fsp3) is 0.297. The van der Waals surface area contributed by atoms with Crippen LogP contribution in [0.1, 0.15) is 26.2 Å². The fourth-order valence-corrected chi connectivity index (χ4v) is 5.41. The number of carboxylic acid groups (broad SMARTS) is 1. The van der Waals surface area contributed by atoms with Crippen molar-refractivity contribution in [2.75, 3.05) is 56.7 Å². The molecule has 0 aliphatic carbocycles. The molecule has 4 rings (SSSR count). The summed E-state index contributed by atoms with van der Waals surface area (Å²) in [6.45, 7) is 5.65. The molecule has 0 atom stereocenters. The second-order valence-corrected chi connectivity index (χ2v) is 15.0. The standard InChI is InChI=1S/C22H31N5O5S.C15H16N4O4S/c1-2-14-31-16-17-32-15-13-25-22(28)11-12-24-18-3-5-19(6-4-18)26-27-20-7-9-21(10-8-20)33(23,29)30;16-24(22,23)14-7-5-13(6-8-14)19-18-12-3-1-11(2-4-12)17-10-9-15(20)21/h3-10,24H,2,11-17H2,1H3,(H,25,28)(H2,23,29,30);1-8,17H,9-10H2,(H,20,21)(H2,16,22,23). The third-order valence-corrected chi connectivity index (χ3v) is 9.12. The number of sulfonamides is 2. The van der Waals surface area contributed by atoms with Gasteiger partial charge in [0.25, 0.3) is 0 Å². The van der Waals surface area contributed by atoms with Crippen LogP contribution in [0.4, 0.5) is 34.1 Å². The number of azo groups is 2. The molecule has 1 amide bonds. The first-order chi connectivity index (χ1) is 27.2. The van der Waals surface area contributed by atoms with Crippen LogP contribution in [0.2, 0.25) is 0 Å². The van der Waals surface area contributed by atoms with Gasteiger partial charge in [-0.2, -0.15) is 20.5 Å². The van der Waals surface area contributed by atoms with Crippen molar-refractivity contribution in [1.29, 1.82) is 0 Å². The van der Waals surface area contributed by atoms with Crippen LogP contribution in [0.25, 0.3) is 0 Å². The minimum absolute atomic E-state index is 0.0123. The van der Waals surface area contributed by atoms with E-state index in [-0.39, 0.29) is 22.1 Å². The molecule has 4 aromatic rings.